The summed E-state index contributed by atoms with van der Waals surface area (Å²) in [5.74, 6) is -7.53. The molecular formula is C29H23ClF2N2O6. The smallest absolute Gasteiger partial charge is 0.387 e. The van der Waals surface area contributed by atoms with Crippen molar-refractivity contribution >= 4 is 46.4 Å². The van der Waals surface area contributed by atoms with Gasteiger partial charge in [0, 0.05) is 31.1 Å². The highest BCUT2D eigenvalue weighted by molar-refractivity contribution is 6.32. The fourth-order valence-corrected chi connectivity index (χ4v) is 5.77. The van der Waals surface area contributed by atoms with Crippen molar-refractivity contribution in [3.05, 3.63) is 82.4 Å². The zero-order valence-corrected chi connectivity index (χ0v) is 22.3. The Morgan fingerprint density at radius 1 is 0.800 bits per heavy atom. The molecule has 2 heterocycles. The SMILES string of the molecule is COc1cc(C([C@@H]2C(=O)c3ccccc3N(C)C2=O)[C@H]2C(=O)c3ccccc3N(C)C2=O)cc(Cl)c1OC(F)F. The molecule has 0 N–H and O–H groups in total. The third-order valence-corrected chi connectivity index (χ3v) is 7.66. The number of ketones is 2. The van der Waals surface area contributed by atoms with Gasteiger partial charge >= 0.3 is 6.61 Å². The van der Waals surface area contributed by atoms with Crippen LogP contribution in [0.3, 0.4) is 0 Å². The molecular weight excluding hydrogens is 546 g/mol. The van der Waals surface area contributed by atoms with Crippen molar-refractivity contribution in [3.8, 4) is 11.5 Å². The van der Waals surface area contributed by atoms with Crippen molar-refractivity contribution in [3.63, 3.8) is 0 Å². The molecule has 0 bridgehead atoms. The summed E-state index contributed by atoms with van der Waals surface area (Å²) in [6.07, 6.45) is 0. The number of carbonyl (C=O) groups excluding carboxylic acids is 4. The van der Waals surface area contributed by atoms with Crippen LogP contribution in [-0.2, 0) is 9.59 Å². The zero-order chi connectivity index (χ0) is 28.9. The molecule has 5 rings (SSSR count). The van der Waals surface area contributed by atoms with Gasteiger partial charge in [-0.3, -0.25) is 19.2 Å². The number of alkyl halides is 2. The molecule has 11 heteroatoms. The lowest BCUT2D eigenvalue weighted by Crippen LogP contribution is -2.52. The zero-order valence-electron chi connectivity index (χ0n) is 21.6. The molecule has 3 aromatic carbocycles. The van der Waals surface area contributed by atoms with E-state index in [9.17, 15) is 28.0 Å². The van der Waals surface area contributed by atoms with E-state index in [0.717, 1.165) is 0 Å². The molecule has 0 fully saturated rings. The summed E-state index contributed by atoms with van der Waals surface area (Å²) in [6, 6.07) is 15.5. The molecule has 40 heavy (non-hydrogen) atoms. The number of hydrogen-bond donors (Lipinski definition) is 0. The Kier molecular flexibility index (Phi) is 7.05. The Labute approximate surface area is 233 Å². The standard InChI is InChI=1S/C29H23ClF2N2O6/c1-33-18-10-6-4-8-15(18)24(35)22(27(33)37)21(14-12-17(30)26(40-29(31)32)20(13-14)39-3)23-25(36)16-9-5-7-11-19(16)34(2)28(23)38/h4-13,21-23,29H,1-3H3/t21?,22-,23+. The van der Waals surface area contributed by atoms with Gasteiger partial charge in [-0.1, -0.05) is 35.9 Å². The van der Waals surface area contributed by atoms with E-state index in [2.05, 4.69) is 4.74 Å². The van der Waals surface area contributed by atoms with E-state index in [-0.39, 0.29) is 27.5 Å². The van der Waals surface area contributed by atoms with E-state index < -0.39 is 53.5 Å². The fourth-order valence-electron chi connectivity index (χ4n) is 5.51. The molecule has 0 aromatic heterocycles. The molecule has 3 atom stereocenters. The maximum atomic E-state index is 14.0. The summed E-state index contributed by atoms with van der Waals surface area (Å²) in [7, 11) is 4.19. The first-order valence-corrected chi connectivity index (χ1v) is 12.6. The monoisotopic (exact) mass is 568 g/mol. The lowest BCUT2D eigenvalue weighted by atomic mass is 9.68. The highest BCUT2D eigenvalue weighted by atomic mass is 35.5. The van der Waals surface area contributed by atoms with Crippen LogP contribution in [0, 0.1) is 11.8 Å². The molecule has 2 amide bonds. The van der Waals surface area contributed by atoms with Crippen LogP contribution in [-0.4, -0.2) is 51.2 Å². The number of carbonyl (C=O) groups is 4. The minimum Gasteiger partial charge on any atom is -0.493 e. The summed E-state index contributed by atoms with van der Waals surface area (Å²) < 4.78 is 36.0. The van der Waals surface area contributed by atoms with Crippen LogP contribution < -0.4 is 19.3 Å². The van der Waals surface area contributed by atoms with Gasteiger partial charge < -0.3 is 19.3 Å². The number of rotatable bonds is 6. The number of para-hydroxylation sites is 2. The predicted octanol–water partition coefficient (Wildman–Crippen LogP) is 4.98. The van der Waals surface area contributed by atoms with Crippen molar-refractivity contribution in [2.75, 3.05) is 31.0 Å². The van der Waals surface area contributed by atoms with Crippen LogP contribution >= 0.6 is 11.6 Å². The molecule has 206 valence electrons. The Bertz CT molecular complexity index is 1480. The van der Waals surface area contributed by atoms with Gasteiger partial charge in [-0.2, -0.15) is 8.78 Å². The number of Topliss-reactive ketones (excluding diaryl/α,β-unsaturated/α-hetero) is 2. The van der Waals surface area contributed by atoms with E-state index in [0.29, 0.717) is 11.4 Å². The van der Waals surface area contributed by atoms with Gasteiger partial charge in [-0.05, 0) is 42.0 Å². The molecule has 0 spiro atoms. The number of anilines is 2. The van der Waals surface area contributed by atoms with Crippen LogP contribution in [0.2, 0.25) is 5.02 Å². The predicted molar refractivity (Wildman–Crippen MR) is 143 cm³/mol. The van der Waals surface area contributed by atoms with Crippen molar-refractivity contribution < 1.29 is 37.4 Å². The Hall–Kier alpha value is -4.31. The molecule has 2 aliphatic rings. The van der Waals surface area contributed by atoms with E-state index in [1.54, 1.807) is 48.5 Å². The highest BCUT2D eigenvalue weighted by Crippen LogP contribution is 2.48. The molecule has 0 aliphatic carbocycles. The number of nitrogens with zero attached hydrogens (tertiary/aromatic N) is 2. The lowest BCUT2D eigenvalue weighted by Gasteiger charge is -2.40. The Morgan fingerprint density at radius 2 is 1.27 bits per heavy atom. The van der Waals surface area contributed by atoms with Gasteiger partial charge in [0.05, 0.1) is 23.5 Å². The third-order valence-electron chi connectivity index (χ3n) is 7.38. The van der Waals surface area contributed by atoms with Gasteiger partial charge in [-0.15, -0.1) is 0 Å². The number of hydrogen-bond acceptors (Lipinski definition) is 6. The van der Waals surface area contributed by atoms with Crippen molar-refractivity contribution in [1.29, 1.82) is 0 Å². The second kappa shape index (κ2) is 10.3. The first-order chi connectivity index (χ1) is 19.1. The number of fused-ring (bicyclic) bond motifs is 2. The van der Waals surface area contributed by atoms with E-state index in [1.165, 1.54) is 43.1 Å². The van der Waals surface area contributed by atoms with Gasteiger partial charge in [-0.25, -0.2) is 0 Å². The van der Waals surface area contributed by atoms with Gasteiger partial charge in [0.2, 0.25) is 11.8 Å². The van der Waals surface area contributed by atoms with Gasteiger partial charge in [0.25, 0.3) is 0 Å². The van der Waals surface area contributed by atoms with Crippen molar-refractivity contribution in [2.45, 2.75) is 12.5 Å². The maximum absolute atomic E-state index is 14.0. The highest BCUT2D eigenvalue weighted by Gasteiger charge is 2.52. The topological polar surface area (TPSA) is 93.2 Å². The normalized spacial score (nSPS) is 19.5. The summed E-state index contributed by atoms with van der Waals surface area (Å²) in [5, 5.41) is -0.312. The van der Waals surface area contributed by atoms with Crippen LogP contribution in [0.4, 0.5) is 20.2 Å². The first kappa shape index (κ1) is 27.3. The summed E-state index contributed by atoms with van der Waals surface area (Å²) >= 11 is 6.35. The third kappa shape index (κ3) is 4.28. The second-order valence-electron chi connectivity index (χ2n) is 9.45. The van der Waals surface area contributed by atoms with Gasteiger partial charge in [0.15, 0.2) is 23.1 Å². The van der Waals surface area contributed by atoms with Gasteiger partial charge in [0.1, 0.15) is 11.8 Å². The number of ether oxygens (including phenoxy) is 2. The average Bonchev–Trinajstić information content (AvgIpc) is 2.94. The molecule has 2 aliphatic heterocycles. The summed E-state index contributed by atoms with van der Waals surface area (Å²) in [4.78, 5) is 58.2. The summed E-state index contributed by atoms with van der Waals surface area (Å²) in [6.45, 7) is -3.22. The van der Waals surface area contributed by atoms with E-state index in [1.807, 2.05) is 0 Å². The molecule has 8 nitrogen and oxygen atoms in total. The number of methoxy groups -OCH3 is 1. The average molecular weight is 569 g/mol. The fraction of sp³-hybridized carbons (Fsp3) is 0.241. The van der Waals surface area contributed by atoms with E-state index in [4.69, 9.17) is 16.3 Å². The lowest BCUT2D eigenvalue weighted by molar-refractivity contribution is -0.124. The molecule has 0 saturated carbocycles. The summed E-state index contributed by atoms with van der Waals surface area (Å²) in [5.41, 5.74) is 1.34. The molecule has 0 radical (unpaired) electrons. The largest absolute Gasteiger partial charge is 0.493 e. The Balaban J connectivity index is 1.75. The first-order valence-electron chi connectivity index (χ1n) is 12.2. The van der Waals surface area contributed by atoms with Crippen molar-refractivity contribution in [2.24, 2.45) is 11.8 Å². The molecule has 3 aromatic rings. The van der Waals surface area contributed by atoms with Crippen molar-refractivity contribution in [1.82, 2.24) is 0 Å². The van der Waals surface area contributed by atoms with Crippen LogP contribution in [0.1, 0.15) is 32.2 Å². The Morgan fingerprint density at radius 3 is 1.73 bits per heavy atom. The van der Waals surface area contributed by atoms with Crippen LogP contribution in [0.25, 0.3) is 0 Å². The molecule has 1 unspecified atom stereocenters. The van der Waals surface area contributed by atoms with Crippen LogP contribution in [0.5, 0.6) is 11.5 Å². The second-order valence-corrected chi connectivity index (χ2v) is 9.86. The quantitative estimate of drug-likeness (QED) is 0.389. The van der Waals surface area contributed by atoms with E-state index >= 15 is 0 Å². The number of halogens is 3. The minimum atomic E-state index is -3.22. The molecule has 0 saturated heterocycles. The van der Waals surface area contributed by atoms with Crippen LogP contribution in [0.15, 0.2) is 60.7 Å². The number of amides is 2. The minimum absolute atomic E-state index is 0.0995. The number of benzene rings is 3. The maximum Gasteiger partial charge on any atom is 0.387 e.